The Morgan fingerprint density at radius 1 is 0.756 bits per heavy atom. The highest BCUT2D eigenvalue weighted by Gasteiger charge is 2.28. The second-order valence-electron chi connectivity index (χ2n) is 11.7. The van der Waals surface area contributed by atoms with E-state index in [9.17, 15) is 14.4 Å². The smallest absolute Gasteiger partial charge is 0.316 e. The van der Waals surface area contributed by atoms with Crippen LogP contribution >= 0.6 is 0 Å². The number of carbonyl (C=O) groups excluding carboxylic acids is 3. The third kappa shape index (κ3) is 9.59. The van der Waals surface area contributed by atoms with Crippen molar-refractivity contribution in [2.24, 2.45) is 10.8 Å². The topological polar surface area (TPSA) is 78.9 Å². The van der Waals surface area contributed by atoms with E-state index in [4.69, 9.17) is 14.2 Å². The Labute approximate surface area is 245 Å². The van der Waals surface area contributed by atoms with Gasteiger partial charge in [-0.2, -0.15) is 0 Å². The third-order valence-electron chi connectivity index (χ3n) is 6.03. The van der Waals surface area contributed by atoms with E-state index in [0.29, 0.717) is 47.8 Å². The Balaban J connectivity index is 2.61. The lowest BCUT2D eigenvalue weighted by molar-refractivity contribution is -0.143. The van der Waals surface area contributed by atoms with Gasteiger partial charge in [0.2, 0.25) is 0 Å². The van der Waals surface area contributed by atoms with Gasteiger partial charge in [-0.1, -0.05) is 24.3 Å². The first-order valence-electron chi connectivity index (χ1n) is 14.0. The summed E-state index contributed by atoms with van der Waals surface area (Å²) in [4.78, 5) is 38.5. The molecule has 0 bridgehead atoms. The van der Waals surface area contributed by atoms with E-state index < -0.39 is 10.8 Å². The number of hydrogen-bond donors (Lipinski definition) is 0. The number of esters is 2. The molecule has 41 heavy (non-hydrogen) atoms. The largest absolute Gasteiger partial charge is 0.493 e. The molecule has 0 aliphatic rings. The molecule has 0 unspecified atom stereocenters. The predicted octanol–water partition coefficient (Wildman–Crippen LogP) is 8.12. The molecule has 6 nitrogen and oxygen atoms in total. The minimum absolute atomic E-state index is 0.261. The minimum Gasteiger partial charge on any atom is -0.493 e. The van der Waals surface area contributed by atoms with Crippen LogP contribution in [0.5, 0.6) is 17.2 Å². The van der Waals surface area contributed by atoms with Crippen LogP contribution in [-0.4, -0.2) is 24.3 Å². The molecule has 0 saturated heterocycles. The zero-order chi connectivity index (χ0) is 30.8. The number of hydrogen-bond acceptors (Lipinski definition) is 6. The van der Waals surface area contributed by atoms with Crippen LogP contribution in [0.25, 0.3) is 6.08 Å². The Morgan fingerprint density at radius 2 is 1.27 bits per heavy atom. The van der Waals surface area contributed by atoms with Crippen LogP contribution < -0.4 is 14.2 Å². The molecule has 0 aliphatic carbocycles. The number of ether oxygens (including phenoxy) is 3. The van der Waals surface area contributed by atoms with E-state index in [-0.39, 0.29) is 17.7 Å². The normalized spacial score (nSPS) is 12.3. The van der Waals surface area contributed by atoms with Gasteiger partial charge in [0.25, 0.3) is 0 Å². The summed E-state index contributed by atoms with van der Waals surface area (Å²) >= 11 is 0. The first kappa shape index (κ1) is 33.3. The van der Waals surface area contributed by atoms with Crippen molar-refractivity contribution >= 4 is 23.8 Å². The summed E-state index contributed by atoms with van der Waals surface area (Å²) in [7, 11) is 0. The van der Waals surface area contributed by atoms with Gasteiger partial charge < -0.3 is 14.2 Å². The van der Waals surface area contributed by atoms with Crippen LogP contribution in [0.1, 0.15) is 89.4 Å². The lowest BCUT2D eigenvalue weighted by atomic mass is 9.95. The molecule has 0 spiro atoms. The van der Waals surface area contributed by atoms with Crippen LogP contribution in [-0.2, 0) is 22.4 Å². The maximum atomic E-state index is 13.2. The molecular formula is C35H44O6. The summed E-state index contributed by atoms with van der Waals surface area (Å²) in [5.41, 5.74) is 1.33. The number of carbonyl (C=O) groups is 3. The minimum atomic E-state index is -0.734. The lowest BCUT2D eigenvalue weighted by Gasteiger charge is -2.23. The highest BCUT2D eigenvalue weighted by Crippen LogP contribution is 2.39. The molecule has 2 rings (SSSR count). The lowest BCUT2D eigenvalue weighted by Crippen LogP contribution is -2.26. The second-order valence-corrected chi connectivity index (χ2v) is 11.7. The highest BCUT2D eigenvalue weighted by atomic mass is 16.5. The Bertz CT molecular complexity index is 1310. The van der Waals surface area contributed by atoms with Crippen molar-refractivity contribution in [2.75, 3.05) is 6.61 Å². The van der Waals surface area contributed by atoms with E-state index in [0.717, 1.165) is 11.1 Å². The van der Waals surface area contributed by atoms with Crippen molar-refractivity contribution in [3.8, 4) is 17.2 Å². The van der Waals surface area contributed by atoms with Gasteiger partial charge in [-0.3, -0.25) is 14.4 Å². The van der Waals surface area contributed by atoms with E-state index in [1.54, 1.807) is 71.9 Å². The van der Waals surface area contributed by atoms with Crippen molar-refractivity contribution in [1.82, 2.24) is 0 Å². The number of ketones is 1. The molecule has 0 aliphatic heterocycles. The number of benzene rings is 2. The van der Waals surface area contributed by atoms with Gasteiger partial charge in [0.05, 0.1) is 23.0 Å². The fourth-order valence-electron chi connectivity index (χ4n) is 3.62. The SMILES string of the molecule is C/C=C/Cc1cc(C/C=C/C)c(OC(=O)C(C)(C)C)c(/C=C/C(=O)c2ccc(OC(=O)C(C)(C)C)cc2)c1OCC. The predicted molar refractivity (Wildman–Crippen MR) is 165 cm³/mol. The molecule has 0 N–H and O–H groups in total. The average Bonchev–Trinajstić information content (AvgIpc) is 2.90. The van der Waals surface area contributed by atoms with E-state index in [1.807, 2.05) is 51.1 Å². The summed E-state index contributed by atoms with van der Waals surface area (Å²) in [5, 5.41) is 0. The van der Waals surface area contributed by atoms with Crippen LogP contribution in [0, 0.1) is 10.8 Å². The molecule has 0 radical (unpaired) electrons. The summed E-state index contributed by atoms with van der Waals surface area (Å²) in [6.07, 6.45) is 12.2. The van der Waals surface area contributed by atoms with Crippen LogP contribution in [0.3, 0.4) is 0 Å². The fraction of sp³-hybridized carbons (Fsp3) is 0.400. The van der Waals surface area contributed by atoms with Gasteiger partial charge in [0, 0.05) is 5.56 Å². The van der Waals surface area contributed by atoms with E-state index in [2.05, 4.69) is 0 Å². The van der Waals surface area contributed by atoms with Gasteiger partial charge in [-0.05, 0) is 129 Å². The van der Waals surface area contributed by atoms with Gasteiger partial charge in [0.1, 0.15) is 17.2 Å². The zero-order valence-electron chi connectivity index (χ0n) is 25.9. The maximum absolute atomic E-state index is 13.2. The van der Waals surface area contributed by atoms with Crippen molar-refractivity contribution in [1.29, 1.82) is 0 Å². The summed E-state index contributed by atoms with van der Waals surface area (Å²) in [6.45, 7) is 16.9. The summed E-state index contributed by atoms with van der Waals surface area (Å²) < 4.78 is 17.5. The molecule has 0 heterocycles. The van der Waals surface area contributed by atoms with Crippen molar-refractivity contribution in [3.63, 3.8) is 0 Å². The Morgan fingerprint density at radius 3 is 1.76 bits per heavy atom. The molecule has 2 aromatic carbocycles. The second kappa shape index (κ2) is 14.6. The standard InChI is InChI=1S/C35H44O6/c1-10-13-15-25-23-26(16-14-11-2)31(41-33(38)35(7,8)9)28(30(25)39-12-3)21-22-29(36)24-17-19-27(20-18-24)40-32(37)34(4,5)6/h10-11,13-14,17-23H,12,15-16H2,1-9H3/b13-10+,14-11+,22-21+. The average molecular weight is 561 g/mol. The molecule has 0 saturated carbocycles. The van der Waals surface area contributed by atoms with Crippen LogP contribution in [0.2, 0.25) is 0 Å². The van der Waals surface area contributed by atoms with Gasteiger partial charge >= 0.3 is 11.9 Å². The molecule has 6 heteroatoms. The first-order valence-corrected chi connectivity index (χ1v) is 14.0. The molecule has 0 fully saturated rings. The Kier molecular flexibility index (Phi) is 11.9. The quantitative estimate of drug-likeness (QED) is 0.0908. The van der Waals surface area contributed by atoms with E-state index >= 15 is 0 Å². The summed E-state index contributed by atoms with van der Waals surface area (Å²) in [5.74, 6) is 0.311. The van der Waals surface area contributed by atoms with Crippen molar-refractivity contribution < 1.29 is 28.6 Å². The van der Waals surface area contributed by atoms with Crippen molar-refractivity contribution in [3.05, 3.63) is 83.0 Å². The molecule has 0 amide bonds. The summed E-state index contributed by atoms with van der Waals surface area (Å²) in [6, 6.07) is 8.43. The van der Waals surface area contributed by atoms with Gasteiger partial charge in [0.15, 0.2) is 5.78 Å². The molecule has 0 atom stereocenters. The molecular weight excluding hydrogens is 516 g/mol. The van der Waals surface area contributed by atoms with Gasteiger partial charge in [-0.15, -0.1) is 0 Å². The highest BCUT2D eigenvalue weighted by molar-refractivity contribution is 6.07. The molecule has 220 valence electrons. The van der Waals surface area contributed by atoms with Crippen LogP contribution in [0.15, 0.2) is 60.7 Å². The van der Waals surface area contributed by atoms with E-state index in [1.165, 1.54) is 6.08 Å². The number of rotatable bonds is 11. The maximum Gasteiger partial charge on any atom is 0.316 e. The van der Waals surface area contributed by atoms with Gasteiger partial charge in [-0.25, -0.2) is 0 Å². The monoisotopic (exact) mass is 560 g/mol. The fourth-order valence-corrected chi connectivity index (χ4v) is 3.62. The first-order chi connectivity index (χ1) is 19.2. The molecule has 2 aromatic rings. The third-order valence-corrected chi connectivity index (χ3v) is 6.03. The molecule has 0 aromatic heterocycles. The van der Waals surface area contributed by atoms with Crippen LogP contribution in [0.4, 0.5) is 0 Å². The number of allylic oxidation sites excluding steroid dienone is 5. The zero-order valence-corrected chi connectivity index (χ0v) is 25.9. The Hall–Kier alpha value is -3.93. The van der Waals surface area contributed by atoms with Crippen molar-refractivity contribution in [2.45, 2.75) is 75.2 Å².